The summed E-state index contributed by atoms with van der Waals surface area (Å²) >= 11 is 0. The summed E-state index contributed by atoms with van der Waals surface area (Å²) in [5.74, 6) is 1.81. The van der Waals surface area contributed by atoms with E-state index in [0.29, 0.717) is 0 Å². The van der Waals surface area contributed by atoms with E-state index in [9.17, 15) is 5.11 Å². The molecule has 1 saturated carbocycles. The summed E-state index contributed by atoms with van der Waals surface area (Å²) in [4.78, 5) is 0. The molecule has 13 heavy (non-hydrogen) atoms. The maximum Gasteiger partial charge on any atom is -0.00462 e. The van der Waals surface area contributed by atoms with Crippen molar-refractivity contribution in [3.63, 3.8) is 0 Å². The van der Waals surface area contributed by atoms with Crippen molar-refractivity contribution in [1.82, 2.24) is 5.32 Å². The van der Waals surface area contributed by atoms with Crippen molar-refractivity contribution in [2.45, 2.75) is 44.6 Å². The standard InChI is InChI=1S/C11H20NO/c13-11-3-1-9(2-4-11)10-5-7-12-8-6-10/h9-12H,1-8H2/q-1. The van der Waals surface area contributed by atoms with E-state index in [4.69, 9.17) is 0 Å². The largest absolute Gasteiger partial charge is 0.852 e. The third kappa shape index (κ3) is 2.44. The highest BCUT2D eigenvalue weighted by molar-refractivity contribution is 4.80. The SMILES string of the molecule is [O-]C1CCC(C2CCNCC2)CC1. The number of hydrogen-bond acceptors (Lipinski definition) is 2. The van der Waals surface area contributed by atoms with Crippen molar-refractivity contribution < 1.29 is 5.11 Å². The van der Waals surface area contributed by atoms with Crippen LogP contribution in [0.2, 0.25) is 0 Å². The second-order valence-electron chi connectivity index (χ2n) is 4.62. The predicted molar refractivity (Wildman–Crippen MR) is 51.3 cm³/mol. The average Bonchev–Trinajstić information content (AvgIpc) is 2.20. The van der Waals surface area contributed by atoms with Gasteiger partial charge in [0.15, 0.2) is 0 Å². The van der Waals surface area contributed by atoms with Crippen LogP contribution in [0.3, 0.4) is 0 Å². The van der Waals surface area contributed by atoms with Crippen LogP contribution in [0.1, 0.15) is 38.5 Å². The van der Waals surface area contributed by atoms with Crippen LogP contribution >= 0.6 is 0 Å². The summed E-state index contributed by atoms with van der Waals surface area (Å²) in [6.45, 7) is 2.39. The van der Waals surface area contributed by atoms with Crippen molar-refractivity contribution in [3.8, 4) is 0 Å². The van der Waals surface area contributed by atoms with E-state index in [0.717, 1.165) is 24.7 Å². The molecule has 0 aromatic heterocycles. The van der Waals surface area contributed by atoms with Crippen LogP contribution < -0.4 is 10.4 Å². The first-order valence-corrected chi connectivity index (χ1v) is 5.73. The van der Waals surface area contributed by atoms with Gasteiger partial charge in [-0.25, -0.2) is 0 Å². The fraction of sp³-hybridized carbons (Fsp3) is 1.00. The lowest BCUT2D eigenvalue weighted by atomic mass is 9.75. The van der Waals surface area contributed by atoms with E-state index in [1.54, 1.807) is 0 Å². The van der Waals surface area contributed by atoms with Crippen LogP contribution in [0.4, 0.5) is 0 Å². The lowest BCUT2D eigenvalue weighted by molar-refractivity contribution is -0.426. The Hall–Kier alpha value is -0.0800. The number of nitrogens with one attached hydrogen (secondary N) is 1. The molecule has 1 saturated heterocycles. The van der Waals surface area contributed by atoms with Gasteiger partial charge in [0.25, 0.3) is 0 Å². The van der Waals surface area contributed by atoms with Gasteiger partial charge in [-0.15, -0.1) is 6.10 Å². The van der Waals surface area contributed by atoms with Gasteiger partial charge in [0, 0.05) is 0 Å². The van der Waals surface area contributed by atoms with E-state index in [-0.39, 0.29) is 6.10 Å². The Labute approximate surface area is 80.7 Å². The molecule has 0 atom stereocenters. The summed E-state index contributed by atoms with van der Waals surface area (Å²) in [6.07, 6.45) is 6.74. The maximum atomic E-state index is 11.2. The highest BCUT2D eigenvalue weighted by Crippen LogP contribution is 2.33. The van der Waals surface area contributed by atoms with E-state index < -0.39 is 0 Å². The van der Waals surface area contributed by atoms with Crippen molar-refractivity contribution in [2.24, 2.45) is 11.8 Å². The molecule has 2 nitrogen and oxygen atoms in total. The summed E-state index contributed by atoms with van der Waals surface area (Å²) < 4.78 is 0. The minimum Gasteiger partial charge on any atom is -0.852 e. The maximum absolute atomic E-state index is 11.2. The number of rotatable bonds is 1. The Bertz CT molecular complexity index is 146. The molecule has 1 aliphatic heterocycles. The van der Waals surface area contributed by atoms with E-state index >= 15 is 0 Å². The summed E-state index contributed by atoms with van der Waals surface area (Å²) in [5, 5.41) is 14.6. The third-order valence-corrected chi connectivity index (χ3v) is 3.77. The first kappa shape index (κ1) is 9.47. The van der Waals surface area contributed by atoms with Crippen molar-refractivity contribution >= 4 is 0 Å². The van der Waals surface area contributed by atoms with Crippen LogP contribution in [-0.4, -0.2) is 19.2 Å². The number of hydrogen-bond donors (Lipinski definition) is 1. The molecule has 76 valence electrons. The molecule has 2 aliphatic rings. The summed E-state index contributed by atoms with van der Waals surface area (Å²) in [7, 11) is 0. The molecule has 0 radical (unpaired) electrons. The Morgan fingerprint density at radius 3 is 1.92 bits per heavy atom. The van der Waals surface area contributed by atoms with Crippen LogP contribution in [0.5, 0.6) is 0 Å². The van der Waals surface area contributed by atoms with Gasteiger partial charge in [0.2, 0.25) is 0 Å². The van der Waals surface area contributed by atoms with Gasteiger partial charge in [-0.1, -0.05) is 25.7 Å². The minimum absolute atomic E-state index is 0.238. The van der Waals surface area contributed by atoms with Gasteiger partial charge in [-0.05, 0) is 37.8 Å². The molecular formula is C11H20NO-. The van der Waals surface area contributed by atoms with Gasteiger partial charge >= 0.3 is 0 Å². The van der Waals surface area contributed by atoms with E-state index in [1.165, 1.54) is 38.8 Å². The number of piperidine rings is 1. The molecule has 0 amide bonds. The molecule has 0 spiro atoms. The molecule has 0 bridgehead atoms. The van der Waals surface area contributed by atoms with Crippen LogP contribution in [0.25, 0.3) is 0 Å². The summed E-state index contributed by atoms with van der Waals surface area (Å²) in [6, 6.07) is 0. The molecule has 1 aliphatic carbocycles. The van der Waals surface area contributed by atoms with Gasteiger partial charge in [0.1, 0.15) is 0 Å². The summed E-state index contributed by atoms with van der Waals surface area (Å²) in [5.41, 5.74) is 0. The first-order valence-electron chi connectivity index (χ1n) is 5.73. The van der Waals surface area contributed by atoms with E-state index in [1.807, 2.05) is 0 Å². The smallest absolute Gasteiger partial charge is 0.00462 e. The molecular weight excluding hydrogens is 162 g/mol. The minimum atomic E-state index is -0.238. The Morgan fingerprint density at radius 1 is 0.769 bits per heavy atom. The third-order valence-electron chi connectivity index (χ3n) is 3.77. The molecule has 2 fully saturated rings. The second kappa shape index (κ2) is 4.43. The normalized spacial score (nSPS) is 37.6. The molecule has 1 heterocycles. The highest BCUT2D eigenvalue weighted by atomic mass is 16.3. The zero-order valence-electron chi connectivity index (χ0n) is 8.30. The molecule has 2 heteroatoms. The van der Waals surface area contributed by atoms with Gasteiger partial charge in [0.05, 0.1) is 0 Å². The molecule has 0 aromatic rings. The average molecular weight is 182 g/mol. The van der Waals surface area contributed by atoms with Crippen molar-refractivity contribution in [1.29, 1.82) is 0 Å². The van der Waals surface area contributed by atoms with Crippen molar-refractivity contribution in [2.75, 3.05) is 13.1 Å². The molecule has 1 N–H and O–H groups in total. The van der Waals surface area contributed by atoms with Gasteiger partial charge < -0.3 is 10.4 Å². The Morgan fingerprint density at radius 2 is 1.31 bits per heavy atom. The van der Waals surface area contributed by atoms with Crippen LogP contribution in [-0.2, 0) is 0 Å². The van der Waals surface area contributed by atoms with Crippen molar-refractivity contribution in [3.05, 3.63) is 0 Å². The lowest BCUT2D eigenvalue weighted by Crippen LogP contribution is -2.36. The monoisotopic (exact) mass is 182 g/mol. The van der Waals surface area contributed by atoms with Gasteiger partial charge in [-0.2, -0.15) is 0 Å². The molecule has 2 rings (SSSR count). The second-order valence-corrected chi connectivity index (χ2v) is 4.62. The van der Waals surface area contributed by atoms with E-state index in [2.05, 4.69) is 5.32 Å². The van der Waals surface area contributed by atoms with Gasteiger partial charge in [-0.3, -0.25) is 0 Å². The highest BCUT2D eigenvalue weighted by Gasteiger charge is 2.25. The van der Waals surface area contributed by atoms with Crippen LogP contribution in [0.15, 0.2) is 0 Å². The fourth-order valence-electron chi connectivity index (χ4n) is 2.88. The lowest BCUT2D eigenvalue weighted by Gasteiger charge is -2.38. The van der Waals surface area contributed by atoms with Crippen LogP contribution in [0, 0.1) is 11.8 Å². The molecule has 0 unspecified atom stereocenters. The predicted octanol–water partition coefficient (Wildman–Crippen LogP) is 0.905. The quantitative estimate of drug-likeness (QED) is 0.654. The topological polar surface area (TPSA) is 35.1 Å². The Kier molecular flexibility index (Phi) is 3.23. The zero-order chi connectivity index (χ0) is 9.10. The zero-order valence-corrected chi connectivity index (χ0v) is 8.30. The fourth-order valence-corrected chi connectivity index (χ4v) is 2.88. The molecule has 0 aromatic carbocycles. The Balaban J connectivity index is 1.79. The first-order chi connectivity index (χ1) is 6.36.